The van der Waals surface area contributed by atoms with Gasteiger partial charge >= 0.3 is 6.09 Å². The summed E-state index contributed by atoms with van der Waals surface area (Å²) in [6.45, 7) is 2.07. The van der Waals surface area contributed by atoms with E-state index in [0.29, 0.717) is 17.9 Å². The highest BCUT2D eigenvalue weighted by Crippen LogP contribution is 2.19. The normalized spacial score (nSPS) is 9.13. The van der Waals surface area contributed by atoms with Gasteiger partial charge in [0, 0.05) is 3.57 Å². The van der Waals surface area contributed by atoms with E-state index in [9.17, 15) is 4.79 Å². The van der Waals surface area contributed by atoms with Gasteiger partial charge in [0.25, 0.3) is 0 Å². The molecule has 0 aromatic heterocycles. The number of nitriles is 1. The van der Waals surface area contributed by atoms with Crippen molar-refractivity contribution in [2.24, 2.45) is 0 Å². The number of rotatable bonds is 2. The van der Waals surface area contributed by atoms with Crippen molar-refractivity contribution < 1.29 is 9.53 Å². The van der Waals surface area contributed by atoms with Gasteiger partial charge < -0.3 is 4.74 Å². The lowest BCUT2D eigenvalue weighted by atomic mass is 10.2. The molecule has 0 aliphatic rings. The van der Waals surface area contributed by atoms with Gasteiger partial charge in [-0.2, -0.15) is 5.26 Å². The van der Waals surface area contributed by atoms with Gasteiger partial charge in [0.1, 0.15) is 0 Å². The Hall–Kier alpha value is -1.29. The number of hydrogen-bond acceptors (Lipinski definition) is 3. The molecule has 0 radical (unpaired) electrons. The summed E-state index contributed by atoms with van der Waals surface area (Å²) in [7, 11) is 0. The Kier molecular flexibility index (Phi) is 4.37. The lowest BCUT2D eigenvalue weighted by Crippen LogP contribution is -2.14. The van der Waals surface area contributed by atoms with Crippen LogP contribution in [0.15, 0.2) is 18.2 Å². The van der Waals surface area contributed by atoms with E-state index in [-0.39, 0.29) is 0 Å². The van der Waals surface area contributed by atoms with E-state index in [1.165, 1.54) is 0 Å². The third kappa shape index (κ3) is 3.40. The Morgan fingerprint density at radius 1 is 1.67 bits per heavy atom. The second kappa shape index (κ2) is 5.56. The lowest BCUT2D eigenvalue weighted by molar-refractivity contribution is 0.168. The van der Waals surface area contributed by atoms with Crippen LogP contribution in [0.4, 0.5) is 10.5 Å². The van der Waals surface area contributed by atoms with Gasteiger partial charge in [0.15, 0.2) is 0 Å². The Morgan fingerprint density at radius 2 is 2.40 bits per heavy atom. The first-order valence-corrected chi connectivity index (χ1v) is 5.38. The van der Waals surface area contributed by atoms with E-state index in [2.05, 4.69) is 5.32 Å². The predicted octanol–water partition coefficient (Wildman–Crippen LogP) is 2.73. The van der Waals surface area contributed by atoms with E-state index in [1.807, 2.05) is 28.7 Å². The summed E-state index contributed by atoms with van der Waals surface area (Å²) in [5, 5.41) is 11.2. The minimum absolute atomic E-state index is 0.332. The van der Waals surface area contributed by atoms with Crippen molar-refractivity contribution >= 4 is 34.4 Å². The molecule has 0 saturated carbocycles. The fourth-order valence-corrected chi connectivity index (χ4v) is 1.61. The molecule has 5 heteroatoms. The minimum atomic E-state index is -0.486. The van der Waals surface area contributed by atoms with E-state index in [1.54, 1.807) is 25.1 Å². The summed E-state index contributed by atoms with van der Waals surface area (Å²) in [5.41, 5.74) is 1.21. The van der Waals surface area contributed by atoms with Gasteiger partial charge in [-0.3, -0.25) is 5.32 Å². The molecule has 1 amide bonds. The first kappa shape index (κ1) is 11.8. The number of nitrogens with zero attached hydrogens (tertiary/aromatic N) is 1. The maximum atomic E-state index is 11.1. The second-order valence-corrected chi connectivity index (χ2v) is 3.81. The van der Waals surface area contributed by atoms with Crippen LogP contribution in [0, 0.1) is 14.9 Å². The number of carbonyl (C=O) groups excluding carboxylic acids is 1. The second-order valence-electron chi connectivity index (χ2n) is 2.65. The fourth-order valence-electron chi connectivity index (χ4n) is 0.963. The summed E-state index contributed by atoms with van der Waals surface area (Å²) in [4.78, 5) is 11.1. The number of carbonyl (C=O) groups is 1. The van der Waals surface area contributed by atoms with Crippen molar-refractivity contribution in [2.45, 2.75) is 6.92 Å². The number of anilines is 1. The number of amides is 1. The SMILES string of the molecule is CCOC(=O)Nc1ccc(C#N)cc1I. The predicted molar refractivity (Wildman–Crippen MR) is 64.5 cm³/mol. The zero-order chi connectivity index (χ0) is 11.3. The number of ether oxygens (including phenoxy) is 1. The first-order valence-electron chi connectivity index (χ1n) is 4.30. The minimum Gasteiger partial charge on any atom is -0.450 e. The summed E-state index contributed by atoms with van der Waals surface area (Å²) in [6.07, 6.45) is -0.486. The van der Waals surface area contributed by atoms with Crippen LogP contribution in [0.2, 0.25) is 0 Å². The van der Waals surface area contributed by atoms with Gasteiger partial charge in [-0.05, 0) is 47.7 Å². The molecular formula is C10H9IN2O2. The van der Waals surface area contributed by atoms with Gasteiger partial charge in [0.05, 0.1) is 23.9 Å². The van der Waals surface area contributed by atoms with E-state index < -0.39 is 6.09 Å². The van der Waals surface area contributed by atoms with Crippen LogP contribution in [0.5, 0.6) is 0 Å². The van der Waals surface area contributed by atoms with Gasteiger partial charge in [-0.15, -0.1) is 0 Å². The molecule has 78 valence electrons. The Bertz CT molecular complexity index is 412. The topological polar surface area (TPSA) is 62.1 Å². The summed E-state index contributed by atoms with van der Waals surface area (Å²) < 4.78 is 5.54. The van der Waals surface area contributed by atoms with Crippen LogP contribution in [-0.4, -0.2) is 12.7 Å². The smallest absolute Gasteiger partial charge is 0.411 e. The molecule has 0 saturated heterocycles. The fraction of sp³-hybridized carbons (Fsp3) is 0.200. The highest BCUT2D eigenvalue weighted by molar-refractivity contribution is 14.1. The number of nitrogens with one attached hydrogen (secondary N) is 1. The molecular weight excluding hydrogens is 307 g/mol. The third-order valence-electron chi connectivity index (χ3n) is 1.61. The monoisotopic (exact) mass is 316 g/mol. The molecule has 0 fully saturated rings. The molecule has 0 heterocycles. The van der Waals surface area contributed by atoms with E-state index in [0.717, 1.165) is 3.57 Å². The highest BCUT2D eigenvalue weighted by atomic mass is 127. The molecule has 0 unspecified atom stereocenters. The molecule has 15 heavy (non-hydrogen) atoms. The standard InChI is InChI=1S/C10H9IN2O2/c1-2-15-10(14)13-9-4-3-7(6-12)5-8(9)11/h3-5H,2H2,1H3,(H,13,14). The Labute approximate surface area is 101 Å². The first-order chi connectivity index (χ1) is 7.17. The van der Waals surface area contributed by atoms with Crippen molar-refractivity contribution in [1.82, 2.24) is 0 Å². The van der Waals surface area contributed by atoms with E-state index in [4.69, 9.17) is 10.00 Å². The Morgan fingerprint density at radius 3 is 2.93 bits per heavy atom. The molecule has 1 aromatic carbocycles. The van der Waals surface area contributed by atoms with Crippen molar-refractivity contribution in [3.63, 3.8) is 0 Å². The van der Waals surface area contributed by atoms with Crippen molar-refractivity contribution in [3.05, 3.63) is 27.3 Å². The summed E-state index contributed by atoms with van der Waals surface area (Å²) in [5.74, 6) is 0. The van der Waals surface area contributed by atoms with Gasteiger partial charge in [-0.1, -0.05) is 0 Å². The van der Waals surface area contributed by atoms with Gasteiger partial charge in [0.2, 0.25) is 0 Å². The molecule has 0 aliphatic carbocycles. The average molecular weight is 316 g/mol. The quantitative estimate of drug-likeness (QED) is 0.854. The van der Waals surface area contributed by atoms with Crippen LogP contribution in [0.3, 0.4) is 0 Å². The molecule has 1 rings (SSSR count). The number of hydrogen-bond donors (Lipinski definition) is 1. The van der Waals surface area contributed by atoms with Crippen molar-refractivity contribution in [3.8, 4) is 6.07 Å². The maximum absolute atomic E-state index is 11.1. The molecule has 1 N–H and O–H groups in total. The Balaban J connectivity index is 2.79. The highest BCUT2D eigenvalue weighted by Gasteiger charge is 2.05. The maximum Gasteiger partial charge on any atom is 0.411 e. The van der Waals surface area contributed by atoms with E-state index >= 15 is 0 Å². The molecule has 1 aromatic rings. The average Bonchev–Trinajstić information content (AvgIpc) is 2.21. The largest absolute Gasteiger partial charge is 0.450 e. The van der Waals surface area contributed by atoms with Crippen molar-refractivity contribution in [2.75, 3.05) is 11.9 Å². The molecule has 0 bridgehead atoms. The number of halogens is 1. The van der Waals surface area contributed by atoms with Crippen molar-refractivity contribution in [1.29, 1.82) is 5.26 Å². The molecule has 0 atom stereocenters. The van der Waals surface area contributed by atoms with Crippen LogP contribution < -0.4 is 5.32 Å². The molecule has 0 spiro atoms. The third-order valence-corrected chi connectivity index (χ3v) is 2.50. The van der Waals surface area contributed by atoms with Crippen LogP contribution in [0.25, 0.3) is 0 Å². The van der Waals surface area contributed by atoms with Crippen LogP contribution >= 0.6 is 22.6 Å². The molecule has 0 aliphatic heterocycles. The summed E-state index contributed by atoms with van der Waals surface area (Å²) >= 11 is 2.05. The zero-order valence-corrected chi connectivity index (χ0v) is 10.2. The number of benzene rings is 1. The van der Waals surface area contributed by atoms with Crippen LogP contribution in [0.1, 0.15) is 12.5 Å². The van der Waals surface area contributed by atoms with Gasteiger partial charge in [-0.25, -0.2) is 4.79 Å². The molecule has 4 nitrogen and oxygen atoms in total. The van der Waals surface area contributed by atoms with Crippen LogP contribution in [-0.2, 0) is 4.74 Å². The lowest BCUT2D eigenvalue weighted by Gasteiger charge is -2.06. The summed E-state index contributed by atoms with van der Waals surface area (Å²) in [6, 6.07) is 7.04. The zero-order valence-electron chi connectivity index (χ0n) is 8.08.